The molecule has 2 aliphatic heterocycles. The SMILES string of the molecule is Clc1ccc(OCc2nc3c(OCCCN4CCCCC4)cccc3n2CCCC2CCCNC2)cc1. The maximum atomic E-state index is 6.29. The number of imidazole rings is 1. The number of aromatic nitrogens is 2. The molecule has 1 aromatic heterocycles. The fourth-order valence-electron chi connectivity index (χ4n) is 5.69. The van der Waals surface area contributed by atoms with Gasteiger partial charge < -0.3 is 24.3 Å². The molecule has 2 saturated heterocycles. The van der Waals surface area contributed by atoms with Crippen LogP contribution in [0.3, 0.4) is 0 Å². The van der Waals surface area contributed by atoms with Gasteiger partial charge in [0.1, 0.15) is 29.4 Å². The monoisotopic (exact) mass is 524 g/mol. The molecule has 3 aromatic rings. The van der Waals surface area contributed by atoms with Crippen LogP contribution < -0.4 is 14.8 Å². The van der Waals surface area contributed by atoms with Crippen LogP contribution in [0, 0.1) is 5.92 Å². The molecular formula is C30H41ClN4O2. The standard InChI is InChI=1S/C30H41ClN4O2/c31-25-12-14-26(15-13-25)37-23-29-33-30-27(35(29)20-6-9-24-8-5-16-32-22-24)10-4-11-28(30)36-21-7-19-34-17-2-1-3-18-34/h4,10-15,24,32H,1-3,5-9,16-23H2. The minimum absolute atomic E-state index is 0.412. The lowest BCUT2D eigenvalue weighted by molar-refractivity contribution is 0.205. The van der Waals surface area contributed by atoms with E-state index in [1.54, 1.807) is 0 Å². The van der Waals surface area contributed by atoms with Gasteiger partial charge in [-0.15, -0.1) is 0 Å². The van der Waals surface area contributed by atoms with Gasteiger partial charge in [-0.05, 0) is 113 Å². The molecule has 2 aliphatic rings. The molecule has 0 saturated carbocycles. The highest BCUT2D eigenvalue weighted by Gasteiger charge is 2.17. The Bertz CT molecular complexity index is 1100. The summed E-state index contributed by atoms with van der Waals surface area (Å²) in [6, 6.07) is 13.8. The van der Waals surface area contributed by atoms with Crippen LogP contribution in [0.1, 0.15) is 57.2 Å². The number of hydrogen-bond donors (Lipinski definition) is 1. The van der Waals surface area contributed by atoms with Crippen molar-refractivity contribution in [3.63, 3.8) is 0 Å². The summed E-state index contributed by atoms with van der Waals surface area (Å²) in [4.78, 5) is 7.61. The number of nitrogens with zero attached hydrogens (tertiary/aromatic N) is 3. The molecule has 1 atom stereocenters. The number of rotatable bonds is 12. The Labute approximate surface area is 226 Å². The Morgan fingerprint density at radius 2 is 1.81 bits per heavy atom. The average molecular weight is 525 g/mol. The maximum Gasteiger partial charge on any atom is 0.148 e. The van der Waals surface area contributed by atoms with Gasteiger partial charge in [0.2, 0.25) is 0 Å². The summed E-state index contributed by atoms with van der Waals surface area (Å²) < 4.78 is 14.7. The number of benzene rings is 2. The lowest BCUT2D eigenvalue weighted by Crippen LogP contribution is -2.31. The molecule has 0 bridgehead atoms. The third-order valence-corrected chi connectivity index (χ3v) is 7.97. The van der Waals surface area contributed by atoms with E-state index in [-0.39, 0.29) is 0 Å². The van der Waals surface area contributed by atoms with Crippen molar-refractivity contribution in [3.8, 4) is 11.5 Å². The number of piperidine rings is 2. The highest BCUT2D eigenvalue weighted by Crippen LogP contribution is 2.28. The highest BCUT2D eigenvalue weighted by atomic mass is 35.5. The number of halogens is 1. The van der Waals surface area contributed by atoms with Crippen molar-refractivity contribution in [2.45, 2.75) is 64.5 Å². The number of aryl methyl sites for hydroxylation is 1. The Morgan fingerprint density at radius 1 is 0.946 bits per heavy atom. The summed E-state index contributed by atoms with van der Waals surface area (Å²) in [7, 11) is 0. The molecular weight excluding hydrogens is 484 g/mol. The first-order valence-electron chi connectivity index (χ1n) is 14.2. The van der Waals surface area contributed by atoms with E-state index < -0.39 is 0 Å². The van der Waals surface area contributed by atoms with E-state index in [0.717, 1.165) is 73.3 Å². The first kappa shape index (κ1) is 26.3. The summed E-state index contributed by atoms with van der Waals surface area (Å²) in [5, 5.41) is 4.25. The summed E-state index contributed by atoms with van der Waals surface area (Å²) in [6.07, 6.45) is 10.1. The minimum Gasteiger partial charge on any atom is -0.491 e. The zero-order chi connectivity index (χ0) is 25.3. The minimum atomic E-state index is 0.412. The zero-order valence-corrected chi connectivity index (χ0v) is 22.7. The number of nitrogens with one attached hydrogen (secondary N) is 1. The normalized spacial score (nSPS) is 18.8. The first-order chi connectivity index (χ1) is 18.3. The second kappa shape index (κ2) is 13.5. The van der Waals surface area contributed by atoms with Gasteiger partial charge in [-0.3, -0.25) is 0 Å². The number of fused-ring (bicyclic) bond motifs is 1. The summed E-state index contributed by atoms with van der Waals surface area (Å²) in [5.41, 5.74) is 2.07. The largest absolute Gasteiger partial charge is 0.491 e. The van der Waals surface area contributed by atoms with Crippen LogP contribution in [0.15, 0.2) is 42.5 Å². The van der Waals surface area contributed by atoms with E-state index in [1.807, 2.05) is 24.3 Å². The van der Waals surface area contributed by atoms with E-state index in [4.69, 9.17) is 26.1 Å². The molecule has 1 N–H and O–H groups in total. The van der Waals surface area contributed by atoms with Crippen molar-refractivity contribution in [3.05, 3.63) is 53.3 Å². The lowest BCUT2D eigenvalue weighted by Gasteiger charge is -2.26. The fraction of sp³-hybridized carbons (Fsp3) is 0.567. The molecule has 200 valence electrons. The van der Waals surface area contributed by atoms with Crippen LogP contribution >= 0.6 is 11.6 Å². The number of ether oxygens (including phenoxy) is 2. The van der Waals surface area contributed by atoms with Gasteiger partial charge in [-0.1, -0.05) is 24.1 Å². The molecule has 1 unspecified atom stereocenters. The Balaban J connectivity index is 1.27. The predicted molar refractivity (Wildman–Crippen MR) is 151 cm³/mol. The van der Waals surface area contributed by atoms with Crippen molar-refractivity contribution in [1.29, 1.82) is 0 Å². The van der Waals surface area contributed by atoms with Crippen molar-refractivity contribution in [2.24, 2.45) is 5.92 Å². The second-order valence-corrected chi connectivity index (χ2v) is 10.9. The van der Waals surface area contributed by atoms with Gasteiger partial charge in [0, 0.05) is 18.1 Å². The van der Waals surface area contributed by atoms with Crippen molar-refractivity contribution in [2.75, 3.05) is 39.3 Å². The number of para-hydroxylation sites is 1. The zero-order valence-electron chi connectivity index (χ0n) is 22.0. The highest BCUT2D eigenvalue weighted by molar-refractivity contribution is 6.30. The van der Waals surface area contributed by atoms with Crippen LogP contribution in [0.4, 0.5) is 0 Å². The van der Waals surface area contributed by atoms with Crippen LogP contribution in [0.25, 0.3) is 11.0 Å². The topological polar surface area (TPSA) is 51.6 Å². The van der Waals surface area contributed by atoms with Gasteiger partial charge >= 0.3 is 0 Å². The quantitative estimate of drug-likeness (QED) is 0.282. The smallest absolute Gasteiger partial charge is 0.148 e. The van der Waals surface area contributed by atoms with E-state index in [1.165, 1.54) is 51.6 Å². The molecule has 5 rings (SSSR count). The molecule has 0 spiro atoms. The van der Waals surface area contributed by atoms with Crippen LogP contribution in [-0.4, -0.2) is 53.8 Å². The fourth-order valence-corrected chi connectivity index (χ4v) is 5.81. The Kier molecular flexibility index (Phi) is 9.60. The van der Waals surface area contributed by atoms with E-state index in [2.05, 4.69) is 33.0 Å². The van der Waals surface area contributed by atoms with Gasteiger partial charge in [-0.25, -0.2) is 4.98 Å². The Morgan fingerprint density at radius 3 is 2.62 bits per heavy atom. The molecule has 3 heterocycles. The molecule has 6 nitrogen and oxygen atoms in total. The molecule has 37 heavy (non-hydrogen) atoms. The Hall–Kier alpha value is -2.28. The summed E-state index contributed by atoms with van der Waals surface area (Å²) in [6.45, 7) is 7.94. The van der Waals surface area contributed by atoms with Crippen molar-refractivity contribution in [1.82, 2.24) is 19.8 Å². The van der Waals surface area contributed by atoms with Gasteiger partial charge in [-0.2, -0.15) is 0 Å². The van der Waals surface area contributed by atoms with Crippen molar-refractivity contribution >= 4 is 22.6 Å². The molecule has 0 amide bonds. The third kappa shape index (κ3) is 7.40. The summed E-state index contributed by atoms with van der Waals surface area (Å²) >= 11 is 6.05. The molecule has 2 aromatic carbocycles. The molecule has 0 aliphatic carbocycles. The van der Waals surface area contributed by atoms with E-state index in [9.17, 15) is 0 Å². The van der Waals surface area contributed by atoms with Crippen LogP contribution in [0.5, 0.6) is 11.5 Å². The molecule has 7 heteroatoms. The second-order valence-electron chi connectivity index (χ2n) is 10.5. The third-order valence-electron chi connectivity index (χ3n) is 7.72. The molecule has 2 fully saturated rings. The average Bonchev–Trinajstić information content (AvgIpc) is 3.30. The number of hydrogen-bond acceptors (Lipinski definition) is 5. The number of likely N-dealkylation sites (tertiary alicyclic amines) is 1. The lowest BCUT2D eigenvalue weighted by atomic mass is 9.95. The first-order valence-corrected chi connectivity index (χ1v) is 14.6. The van der Waals surface area contributed by atoms with E-state index >= 15 is 0 Å². The van der Waals surface area contributed by atoms with Crippen LogP contribution in [0.2, 0.25) is 5.02 Å². The van der Waals surface area contributed by atoms with Crippen molar-refractivity contribution < 1.29 is 9.47 Å². The summed E-state index contributed by atoms with van der Waals surface area (Å²) in [5.74, 6) is 3.39. The van der Waals surface area contributed by atoms with E-state index in [0.29, 0.717) is 18.2 Å². The van der Waals surface area contributed by atoms with Crippen LogP contribution in [-0.2, 0) is 13.2 Å². The van der Waals surface area contributed by atoms with Gasteiger partial charge in [0.25, 0.3) is 0 Å². The molecule has 0 radical (unpaired) electrons. The predicted octanol–water partition coefficient (Wildman–Crippen LogP) is 6.30. The van der Waals surface area contributed by atoms with Gasteiger partial charge in [0.05, 0.1) is 12.1 Å². The maximum absolute atomic E-state index is 6.29. The van der Waals surface area contributed by atoms with Gasteiger partial charge in [0.15, 0.2) is 0 Å².